The second kappa shape index (κ2) is 6.53. The quantitative estimate of drug-likeness (QED) is 0.562. The van der Waals surface area contributed by atoms with Gasteiger partial charge in [-0.25, -0.2) is 0 Å². The predicted octanol–water partition coefficient (Wildman–Crippen LogP) is 4.03. The van der Waals surface area contributed by atoms with Gasteiger partial charge in [0.2, 0.25) is 0 Å². The molecule has 2 saturated carbocycles. The first-order valence-electron chi connectivity index (χ1n) is 9.40. The summed E-state index contributed by atoms with van der Waals surface area (Å²) in [6.07, 6.45) is 11.4. The van der Waals surface area contributed by atoms with Gasteiger partial charge in [-0.3, -0.25) is 9.59 Å². The van der Waals surface area contributed by atoms with Crippen LogP contribution in [0.5, 0.6) is 0 Å². The monoisotopic (exact) mass is 334 g/mol. The fraction of sp³-hybridized carbons (Fsp3) is 0.800. The van der Waals surface area contributed by atoms with Crippen LogP contribution >= 0.6 is 0 Å². The fourth-order valence-corrected chi connectivity index (χ4v) is 5.03. The largest absolute Gasteiger partial charge is 0.469 e. The van der Waals surface area contributed by atoms with Crippen molar-refractivity contribution in [1.82, 2.24) is 0 Å². The molecule has 0 aromatic carbocycles. The lowest BCUT2D eigenvalue weighted by molar-refractivity contribution is -0.187. The summed E-state index contributed by atoms with van der Waals surface area (Å²) < 4.78 is 11.1. The summed E-state index contributed by atoms with van der Waals surface area (Å²) in [6, 6.07) is 0. The van der Waals surface area contributed by atoms with E-state index in [1.165, 1.54) is 13.5 Å². The molecule has 4 nitrogen and oxygen atoms in total. The molecule has 0 spiro atoms. The van der Waals surface area contributed by atoms with E-state index in [1.54, 1.807) is 0 Å². The minimum Gasteiger partial charge on any atom is -0.469 e. The average molecular weight is 334 g/mol. The van der Waals surface area contributed by atoms with E-state index < -0.39 is 5.41 Å². The first-order chi connectivity index (χ1) is 11.4. The molecule has 24 heavy (non-hydrogen) atoms. The maximum Gasteiger partial charge on any atom is 0.313 e. The number of carbonyl (C=O) groups excluding carboxylic acids is 2. The van der Waals surface area contributed by atoms with Crippen molar-refractivity contribution < 1.29 is 19.1 Å². The molecule has 0 radical (unpaired) electrons. The highest BCUT2D eigenvalue weighted by Crippen LogP contribution is 2.56. The van der Waals surface area contributed by atoms with Crippen molar-refractivity contribution in [1.29, 1.82) is 0 Å². The van der Waals surface area contributed by atoms with Crippen molar-refractivity contribution in [3.8, 4) is 0 Å². The number of hydrogen-bond donors (Lipinski definition) is 0. The molecular formula is C20H30O4. The van der Waals surface area contributed by atoms with E-state index in [2.05, 4.69) is 26.0 Å². The standard InChI is InChI=1S/C20H30O4/c1-14(2)20(9-5-4-6-10-20)24-18(22)19(13-17(21)23-3)12-15-7-8-16(19)11-15/h7-8,14-16H,4-6,9-13H2,1-3H3. The number of fused-ring (bicyclic) bond motifs is 2. The van der Waals surface area contributed by atoms with Gasteiger partial charge in [0, 0.05) is 0 Å². The van der Waals surface area contributed by atoms with Crippen molar-refractivity contribution >= 4 is 11.9 Å². The van der Waals surface area contributed by atoms with Gasteiger partial charge < -0.3 is 9.47 Å². The molecular weight excluding hydrogens is 304 g/mol. The maximum atomic E-state index is 13.3. The Morgan fingerprint density at radius 3 is 2.38 bits per heavy atom. The van der Waals surface area contributed by atoms with Crippen molar-refractivity contribution in [2.75, 3.05) is 7.11 Å². The molecule has 3 aliphatic rings. The molecule has 2 fully saturated rings. The maximum absolute atomic E-state index is 13.3. The molecule has 0 N–H and O–H groups in total. The summed E-state index contributed by atoms with van der Waals surface area (Å²) in [5.41, 5.74) is -1.07. The molecule has 4 heteroatoms. The fourth-order valence-electron chi connectivity index (χ4n) is 5.03. The Morgan fingerprint density at radius 2 is 1.88 bits per heavy atom. The van der Waals surface area contributed by atoms with E-state index in [9.17, 15) is 9.59 Å². The lowest BCUT2D eigenvalue weighted by Gasteiger charge is -2.43. The summed E-state index contributed by atoms with van der Waals surface area (Å²) in [5.74, 6) is 0.331. The number of carbonyl (C=O) groups is 2. The lowest BCUT2D eigenvalue weighted by Crippen LogP contribution is -2.48. The van der Waals surface area contributed by atoms with E-state index in [0.717, 1.165) is 38.5 Å². The van der Waals surface area contributed by atoms with Crippen molar-refractivity contribution in [3.05, 3.63) is 12.2 Å². The molecule has 3 aliphatic carbocycles. The summed E-state index contributed by atoms with van der Waals surface area (Å²) in [7, 11) is 1.39. The highest BCUT2D eigenvalue weighted by molar-refractivity contribution is 5.85. The van der Waals surface area contributed by atoms with E-state index in [0.29, 0.717) is 11.8 Å². The Kier molecular flexibility index (Phi) is 4.76. The number of esters is 2. The van der Waals surface area contributed by atoms with E-state index >= 15 is 0 Å². The topological polar surface area (TPSA) is 52.6 Å². The van der Waals surface area contributed by atoms with Crippen LogP contribution in [-0.4, -0.2) is 24.6 Å². The summed E-state index contributed by atoms with van der Waals surface area (Å²) in [5, 5.41) is 0. The average Bonchev–Trinajstić information content (AvgIpc) is 3.17. The van der Waals surface area contributed by atoms with Crippen molar-refractivity contribution in [2.24, 2.45) is 23.2 Å². The molecule has 0 aromatic heterocycles. The third kappa shape index (κ3) is 2.89. The Morgan fingerprint density at radius 1 is 1.17 bits per heavy atom. The molecule has 134 valence electrons. The van der Waals surface area contributed by atoms with Gasteiger partial charge in [0.05, 0.1) is 18.9 Å². The smallest absolute Gasteiger partial charge is 0.313 e. The van der Waals surface area contributed by atoms with Crippen LogP contribution in [0, 0.1) is 23.2 Å². The van der Waals surface area contributed by atoms with Gasteiger partial charge >= 0.3 is 11.9 Å². The van der Waals surface area contributed by atoms with Crippen molar-refractivity contribution in [2.45, 2.75) is 70.8 Å². The molecule has 0 amide bonds. The van der Waals surface area contributed by atoms with E-state index in [4.69, 9.17) is 9.47 Å². The van der Waals surface area contributed by atoms with Gasteiger partial charge in [-0.2, -0.15) is 0 Å². The van der Waals surface area contributed by atoms with Crippen LogP contribution in [0.4, 0.5) is 0 Å². The van der Waals surface area contributed by atoms with Crippen LogP contribution in [0.15, 0.2) is 12.2 Å². The molecule has 3 unspecified atom stereocenters. The molecule has 0 aromatic rings. The molecule has 0 aliphatic heterocycles. The van der Waals surface area contributed by atoms with Crippen LogP contribution in [-0.2, 0) is 19.1 Å². The Bertz CT molecular complexity index is 530. The second-order valence-electron chi connectivity index (χ2n) is 8.27. The SMILES string of the molecule is COC(=O)CC1(C(=O)OC2(C(C)C)CCCCC2)CC2C=CC1C2. The van der Waals surface area contributed by atoms with Gasteiger partial charge in [-0.15, -0.1) is 0 Å². The summed E-state index contributed by atoms with van der Waals surface area (Å²) >= 11 is 0. The zero-order valence-electron chi connectivity index (χ0n) is 15.2. The Balaban J connectivity index is 1.84. The number of allylic oxidation sites excluding steroid dienone is 2. The Labute approximate surface area is 145 Å². The molecule has 3 rings (SSSR count). The molecule has 2 bridgehead atoms. The predicted molar refractivity (Wildman–Crippen MR) is 91.2 cm³/mol. The zero-order valence-corrected chi connectivity index (χ0v) is 15.2. The zero-order chi connectivity index (χ0) is 17.4. The van der Waals surface area contributed by atoms with Crippen LogP contribution < -0.4 is 0 Å². The van der Waals surface area contributed by atoms with Crippen LogP contribution in [0.3, 0.4) is 0 Å². The number of ether oxygens (including phenoxy) is 2. The number of rotatable bonds is 5. The summed E-state index contributed by atoms with van der Waals surface area (Å²) in [4.78, 5) is 25.3. The first-order valence-corrected chi connectivity index (χ1v) is 9.40. The van der Waals surface area contributed by atoms with Gasteiger partial charge in [0.15, 0.2) is 0 Å². The highest BCUT2D eigenvalue weighted by atomic mass is 16.6. The van der Waals surface area contributed by atoms with E-state index in [1.807, 2.05) is 0 Å². The normalized spacial score (nSPS) is 33.7. The van der Waals surface area contributed by atoms with Crippen molar-refractivity contribution in [3.63, 3.8) is 0 Å². The van der Waals surface area contributed by atoms with E-state index in [-0.39, 0.29) is 29.9 Å². The minimum atomic E-state index is -0.716. The number of methoxy groups -OCH3 is 1. The Hall–Kier alpha value is -1.32. The lowest BCUT2D eigenvalue weighted by atomic mass is 9.72. The molecule has 0 saturated heterocycles. The second-order valence-corrected chi connectivity index (χ2v) is 8.27. The van der Waals surface area contributed by atoms with Crippen LogP contribution in [0.25, 0.3) is 0 Å². The third-order valence-electron chi connectivity index (χ3n) is 6.65. The molecule has 3 atom stereocenters. The third-order valence-corrected chi connectivity index (χ3v) is 6.65. The van der Waals surface area contributed by atoms with Gasteiger partial charge in [0.1, 0.15) is 5.60 Å². The first kappa shape index (κ1) is 17.5. The van der Waals surface area contributed by atoms with Gasteiger partial charge in [0.25, 0.3) is 0 Å². The molecule has 0 heterocycles. The van der Waals surface area contributed by atoms with Gasteiger partial charge in [-0.05, 0) is 56.3 Å². The van der Waals surface area contributed by atoms with Gasteiger partial charge in [-0.1, -0.05) is 32.4 Å². The van der Waals surface area contributed by atoms with Crippen LogP contribution in [0.2, 0.25) is 0 Å². The van der Waals surface area contributed by atoms with Crippen LogP contribution in [0.1, 0.15) is 65.2 Å². The highest BCUT2D eigenvalue weighted by Gasteiger charge is 2.57. The minimum absolute atomic E-state index is 0.113. The number of hydrogen-bond acceptors (Lipinski definition) is 4. The summed E-state index contributed by atoms with van der Waals surface area (Å²) in [6.45, 7) is 4.29.